The number of amides is 2. The van der Waals surface area contributed by atoms with Gasteiger partial charge in [0.15, 0.2) is 5.76 Å². The molecule has 0 spiro atoms. The molecule has 0 radical (unpaired) electrons. The molecule has 0 atom stereocenters. The molecule has 2 N–H and O–H groups in total. The fraction of sp³-hybridized carbons (Fsp3) is 0.429. The number of rotatable bonds is 5. The first-order valence-corrected chi connectivity index (χ1v) is 9.63. The minimum Gasteiger partial charge on any atom is -0.451 e. The van der Waals surface area contributed by atoms with Gasteiger partial charge in [-0.25, -0.2) is 0 Å². The molecule has 2 aromatic rings. The van der Waals surface area contributed by atoms with Crippen molar-refractivity contribution in [2.45, 2.75) is 50.7 Å². The molecule has 1 fully saturated rings. The van der Waals surface area contributed by atoms with Crippen LogP contribution < -0.4 is 10.6 Å². The zero-order chi connectivity index (χ0) is 21.1. The van der Waals surface area contributed by atoms with E-state index in [4.69, 9.17) is 4.42 Å². The van der Waals surface area contributed by atoms with Crippen molar-refractivity contribution in [3.05, 3.63) is 47.7 Å². The Labute approximate surface area is 166 Å². The number of hydrogen-bond acceptors (Lipinski definition) is 3. The Balaban J connectivity index is 1.81. The van der Waals surface area contributed by atoms with Gasteiger partial charge in [0.2, 0.25) is 5.91 Å². The summed E-state index contributed by atoms with van der Waals surface area (Å²) in [6.45, 7) is 2.26. The zero-order valence-electron chi connectivity index (χ0n) is 16.1. The van der Waals surface area contributed by atoms with Gasteiger partial charge in [0, 0.05) is 12.1 Å². The summed E-state index contributed by atoms with van der Waals surface area (Å²) < 4.78 is 44.3. The summed E-state index contributed by atoms with van der Waals surface area (Å²) in [5.41, 5.74) is -1.57. The van der Waals surface area contributed by atoms with Gasteiger partial charge in [-0.05, 0) is 44.0 Å². The SMILES string of the molecule is CCNC(=O)C1(NC(=O)c2ccc(-c3cccc(C(F)(F)F)c3)o2)CCCCC1. The average Bonchev–Trinajstić information content (AvgIpc) is 3.19. The van der Waals surface area contributed by atoms with Crippen molar-refractivity contribution in [3.63, 3.8) is 0 Å². The molecule has 1 aromatic carbocycles. The first-order chi connectivity index (χ1) is 13.7. The van der Waals surface area contributed by atoms with Gasteiger partial charge in [-0.1, -0.05) is 31.4 Å². The lowest BCUT2D eigenvalue weighted by molar-refractivity contribution is -0.137. The van der Waals surface area contributed by atoms with E-state index in [2.05, 4.69) is 10.6 Å². The summed E-state index contributed by atoms with van der Waals surface area (Å²) in [7, 11) is 0. The summed E-state index contributed by atoms with van der Waals surface area (Å²) >= 11 is 0. The van der Waals surface area contributed by atoms with Gasteiger partial charge in [-0.2, -0.15) is 13.2 Å². The highest BCUT2D eigenvalue weighted by atomic mass is 19.4. The molecule has 1 aliphatic rings. The number of alkyl halides is 3. The number of likely N-dealkylation sites (N-methyl/N-ethyl adjacent to an activating group) is 1. The maximum Gasteiger partial charge on any atom is 0.416 e. The van der Waals surface area contributed by atoms with Crippen LogP contribution in [0.5, 0.6) is 0 Å². The van der Waals surface area contributed by atoms with E-state index in [9.17, 15) is 22.8 Å². The molecule has 1 saturated carbocycles. The van der Waals surface area contributed by atoms with Gasteiger partial charge in [0.1, 0.15) is 11.3 Å². The Morgan fingerprint density at radius 1 is 1.10 bits per heavy atom. The van der Waals surface area contributed by atoms with E-state index in [1.54, 1.807) is 0 Å². The first kappa shape index (κ1) is 21.0. The van der Waals surface area contributed by atoms with E-state index in [0.717, 1.165) is 31.4 Å². The molecule has 5 nitrogen and oxygen atoms in total. The summed E-state index contributed by atoms with van der Waals surface area (Å²) in [5.74, 6) is -0.683. The normalized spacial score (nSPS) is 16.3. The predicted molar refractivity (Wildman–Crippen MR) is 101 cm³/mol. The van der Waals surface area contributed by atoms with Crippen LogP contribution in [0.4, 0.5) is 13.2 Å². The predicted octanol–water partition coefficient (Wildman–Crippen LogP) is 4.53. The largest absolute Gasteiger partial charge is 0.451 e. The lowest BCUT2D eigenvalue weighted by Gasteiger charge is -2.36. The minimum absolute atomic E-state index is 0.0494. The van der Waals surface area contributed by atoms with Gasteiger partial charge in [0.25, 0.3) is 5.91 Å². The first-order valence-electron chi connectivity index (χ1n) is 9.63. The molecule has 1 heterocycles. The van der Waals surface area contributed by atoms with Crippen molar-refractivity contribution in [1.29, 1.82) is 0 Å². The highest BCUT2D eigenvalue weighted by Gasteiger charge is 2.41. The van der Waals surface area contributed by atoms with Crippen LogP contribution in [-0.4, -0.2) is 23.9 Å². The van der Waals surface area contributed by atoms with E-state index in [-0.39, 0.29) is 23.0 Å². The van der Waals surface area contributed by atoms with E-state index >= 15 is 0 Å². The third-order valence-electron chi connectivity index (χ3n) is 5.14. The molecule has 2 amide bonds. The average molecular weight is 408 g/mol. The lowest BCUT2D eigenvalue weighted by atomic mass is 9.80. The van der Waals surface area contributed by atoms with Crippen molar-refractivity contribution in [2.24, 2.45) is 0 Å². The summed E-state index contributed by atoms with van der Waals surface area (Å²) in [5, 5.41) is 5.58. The second-order valence-electron chi connectivity index (χ2n) is 7.20. The molecule has 156 valence electrons. The molecule has 1 aromatic heterocycles. The lowest BCUT2D eigenvalue weighted by Crippen LogP contribution is -2.59. The molecule has 29 heavy (non-hydrogen) atoms. The van der Waals surface area contributed by atoms with E-state index in [0.29, 0.717) is 19.4 Å². The summed E-state index contributed by atoms with van der Waals surface area (Å²) in [6.07, 6.45) is -0.756. The summed E-state index contributed by atoms with van der Waals surface area (Å²) in [6, 6.07) is 7.56. The van der Waals surface area contributed by atoms with Crippen molar-refractivity contribution in [3.8, 4) is 11.3 Å². The fourth-order valence-electron chi connectivity index (χ4n) is 3.64. The maximum atomic E-state index is 12.9. The number of furan rings is 1. The zero-order valence-corrected chi connectivity index (χ0v) is 16.1. The second-order valence-corrected chi connectivity index (χ2v) is 7.20. The molecule has 8 heteroatoms. The molecule has 0 aliphatic heterocycles. The molecular weight excluding hydrogens is 385 g/mol. The Bertz CT molecular complexity index is 883. The number of carbonyl (C=O) groups is 2. The third kappa shape index (κ3) is 4.63. The standard InChI is InChI=1S/C21H23F3N2O3/c1-2-25-19(28)20(11-4-3-5-12-20)26-18(27)17-10-9-16(29-17)14-7-6-8-15(13-14)21(22,23)24/h6-10,13H,2-5,11-12H2,1H3,(H,25,28)(H,26,27). The topological polar surface area (TPSA) is 71.3 Å². The number of benzene rings is 1. The van der Waals surface area contributed by atoms with Crippen molar-refractivity contribution in [1.82, 2.24) is 10.6 Å². The molecule has 1 aliphatic carbocycles. The number of halogens is 3. The maximum absolute atomic E-state index is 12.9. The molecule has 0 unspecified atom stereocenters. The van der Waals surface area contributed by atoms with Crippen molar-refractivity contribution < 1.29 is 27.2 Å². The highest BCUT2D eigenvalue weighted by Crippen LogP contribution is 2.33. The quantitative estimate of drug-likeness (QED) is 0.763. The number of nitrogens with one attached hydrogen (secondary N) is 2. The van der Waals surface area contributed by atoms with Crippen LogP contribution in [0.3, 0.4) is 0 Å². The fourth-order valence-corrected chi connectivity index (χ4v) is 3.64. The van der Waals surface area contributed by atoms with Gasteiger partial charge >= 0.3 is 6.18 Å². The van der Waals surface area contributed by atoms with Crippen LogP contribution in [0.1, 0.15) is 55.1 Å². The van der Waals surface area contributed by atoms with Gasteiger partial charge in [0.05, 0.1) is 5.56 Å². The third-order valence-corrected chi connectivity index (χ3v) is 5.14. The summed E-state index contributed by atoms with van der Waals surface area (Å²) in [4.78, 5) is 25.3. The monoisotopic (exact) mass is 408 g/mol. The van der Waals surface area contributed by atoms with Crippen LogP contribution in [0.2, 0.25) is 0 Å². The van der Waals surface area contributed by atoms with E-state index in [1.807, 2.05) is 6.92 Å². The Hall–Kier alpha value is -2.77. The van der Waals surface area contributed by atoms with Crippen molar-refractivity contribution in [2.75, 3.05) is 6.54 Å². The highest BCUT2D eigenvalue weighted by molar-refractivity contribution is 5.98. The van der Waals surface area contributed by atoms with Gasteiger partial charge in [-0.3, -0.25) is 9.59 Å². The smallest absolute Gasteiger partial charge is 0.416 e. The van der Waals surface area contributed by atoms with Crippen LogP contribution in [0.25, 0.3) is 11.3 Å². The number of hydrogen-bond donors (Lipinski definition) is 2. The Kier molecular flexibility index (Phi) is 6.00. The molecule has 3 rings (SSSR count). The molecule has 0 bridgehead atoms. The van der Waals surface area contributed by atoms with Crippen LogP contribution in [-0.2, 0) is 11.0 Å². The number of carbonyl (C=O) groups excluding carboxylic acids is 2. The van der Waals surface area contributed by atoms with Crippen molar-refractivity contribution >= 4 is 11.8 Å². The minimum atomic E-state index is -4.47. The van der Waals surface area contributed by atoms with E-state index in [1.165, 1.54) is 24.3 Å². The van der Waals surface area contributed by atoms with E-state index < -0.39 is 23.2 Å². The van der Waals surface area contributed by atoms with Gasteiger partial charge < -0.3 is 15.1 Å². The van der Waals surface area contributed by atoms with Crippen LogP contribution in [0.15, 0.2) is 40.8 Å². The Morgan fingerprint density at radius 3 is 2.48 bits per heavy atom. The van der Waals surface area contributed by atoms with Gasteiger partial charge in [-0.15, -0.1) is 0 Å². The molecule has 0 saturated heterocycles. The second kappa shape index (κ2) is 8.31. The van der Waals surface area contributed by atoms with Crippen LogP contribution in [0, 0.1) is 0 Å². The Morgan fingerprint density at radius 2 is 1.83 bits per heavy atom. The van der Waals surface area contributed by atoms with Crippen LogP contribution >= 0.6 is 0 Å². The molecular formula is C21H23F3N2O3.